The summed E-state index contributed by atoms with van der Waals surface area (Å²) in [6.07, 6.45) is 0.669. The molecular weight excluding hydrogens is 258 g/mol. The number of fused-ring (bicyclic) bond motifs is 1. The van der Waals surface area contributed by atoms with Gasteiger partial charge in [0.15, 0.2) is 11.2 Å². The molecule has 0 atom stereocenters. The molecule has 2 rings (SSSR count). The van der Waals surface area contributed by atoms with Crippen molar-refractivity contribution in [3.63, 3.8) is 0 Å². The molecule has 0 unspecified atom stereocenters. The largest absolute Gasteiger partial charge is 0.332 e. The predicted octanol–water partition coefficient (Wildman–Crippen LogP) is -0.267. The van der Waals surface area contributed by atoms with E-state index in [1.165, 1.54) is 11.6 Å². The summed E-state index contributed by atoms with van der Waals surface area (Å²) in [5.41, 5.74) is 5.74. The summed E-state index contributed by atoms with van der Waals surface area (Å²) in [7, 11) is 3.09. The van der Waals surface area contributed by atoms with Gasteiger partial charge in [-0.2, -0.15) is 0 Å². The highest BCUT2D eigenvalue weighted by atomic mass is 16.2. The Morgan fingerprint density at radius 2 is 1.80 bits per heavy atom. The minimum atomic E-state index is -0.475. The number of hydrogen-bond donors (Lipinski definition) is 1. The fraction of sp³-hybridized carbons (Fsp3) is 0.615. The van der Waals surface area contributed by atoms with E-state index in [1.807, 2.05) is 25.3 Å². The van der Waals surface area contributed by atoms with Crippen LogP contribution >= 0.6 is 0 Å². The van der Waals surface area contributed by atoms with Crippen molar-refractivity contribution in [3.05, 3.63) is 26.7 Å². The van der Waals surface area contributed by atoms with Crippen molar-refractivity contribution < 1.29 is 0 Å². The first-order valence-electron chi connectivity index (χ1n) is 6.61. The average Bonchev–Trinajstić information content (AvgIpc) is 2.70. The number of nitrogens with two attached hydrogens (primary N) is 1. The Morgan fingerprint density at radius 1 is 1.20 bits per heavy atom. The van der Waals surface area contributed by atoms with Gasteiger partial charge in [-0.3, -0.25) is 13.9 Å². The van der Waals surface area contributed by atoms with E-state index in [4.69, 9.17) is 5.73 Å². The number of rotatable bonds is 3. The van der Waals surface area contributed by atoms with E-state index in [0.29, 0.717) is 24.1 Å². The Kier molecular flexibility index (Phi) is 3.33. The smallest absolute Gasteiger partial charge is 0.324 e. The van der Waals surface area contributed by atoms with Crippen LogP contribution in [-0.4, -0.2) is 24.2 Å². The van der Waals surface area contributed by atoms with E-state index in [0.717, 1.165) is 10.4 Å². The summed E-state index contributed by atoms with van der Waals surface area (Å²) in [6, 6.07) is 0. The van der Waals surface area contributed by atoms with Crippen LogP contribution in [0.25, 0.3) is 11.2 Å². The van der Waals surface area contributed by atoms with E-state index in [2.05, 4.69) is 4.98 Å². The van der Waals surface area contributed by atoms with E-state index >= 15 is 0 Å². The van der Waals surface area contributed by atoms with Crippen molar-refractivity contribution in [1.82, 2.24) is 18.7 Å². The van der Waals surface area contributed by atoms with Crippen LogP contribution in [0.1, 0.15) is 26.6 Å². The van der Waals surface area contributed by atoms with Crippen molar-refractivity contribution in [2.75, 3.05) is 0 Å². The molecule has 2 heterocycles. The monoisotopic (exact) mass is 279 g/mol. The Balaban J connectivity index is 2.93. The number of aryl methyl sites for hydroxylation is 2. The molecule has 2 aromatic rings. The predicted molar refractivity (Wildman–Crippen MR) is 77.9 cm³/mol. The topological polar surface area (TPSA) is 87.8 Å². The second kappa shape index (κ2) is 4.59. The molecule has 0 aliphatic rings. The third kappa shape index (κ3) is 2.18. The van der Waals surface area contributed by atoms with Crippen molar-refractivity contribution in [3.8, 4) is 0 Å². The van der Waals surface area contributed by atoms with Gasteiger partial charge in [-0.05, 0) is 13.8 Å². The lowest BCUT2D eigenvalue weighted by Crippen LogP contribution is -2.40. The van der Waals surface area contributed by atoms with Gasteiger partial charge in [0, 0.05) is 32.6 Å². The van der Waals surface area contributed by atoms with Gasteiger partial charge in [-0.15, -0.1) is 0 Å². The van der Waals surface area contributed by atoms with Gasteiger partial charge in [0.1, 0.15) is 5.82 Å². The van der Waals surface area contributed by atoms with Gasteiger partial charge in [0.25, 0.3) is 5.56 Å². The van der Waals surface area contributed by atoms with Crippen LogP contribution in [0.4, 0.5) is 0 Å². The molecule has 0 saturated heterocycles. The zero-order valence-corrected chi connectivity index (χ0v) is 12.6. The van der Waals surface area contributed by atoms with Crippen LogP contribution < -0.4 is 17.0 Å². The number of aromatic nitrogens is 4. The molecule has 0 radical (unpaired) electrons. The molecule has 7 nitrogen and oxygen atoms in total. The molecular formula is C13H21N5O2. The molecule has 0 fully saturated rings. The van der Waals surface area contributed by atoms with Crippen molar-refractivity contribution >= 4 is 11.2 Å². The molecule has 2 N–H and O–H groups in total. The molecule has 0 bridgehead atoms. The molecule has 0 aliphatic heterocycles. The highest BCUT2D eigenvalue weighted by Crippen LogP contribution is 2.14. The van der Waals surface area contributed by atoms with Gasteiger partial charge < -0.3 is 10.3 Å². The molecule has 0 amide bonds. The van der Waals surface area contributed by atoms with Crippen LogP contribution in [0, 0.1) is 0 Å². The van der Waals surface area contributed by atoms with Crippen molar-refractivity contribution in [2.24, 2.45) is 19.8 Å². The third-order valence-corrected chi connectivity index (χ3v) is 3.31. The van der Waals surface area contributed by atoms with E-state index in [-0.39, 0.29) is 11.2 Å². The second-order valence-electron chi connectivity index (χ2n) is 5.83. The minimum absolute atomic E-state index is 0.334. The summed E-state index contributed by atoms with van der Waals surface area (Å²) >= 11 is 0. The first kappa shape index (κ1) is 14.5. The van der Waals surface area contributed by atoms with Gasteiger partial charge in [0.05, 0.1) is 0 Å². The summed E-state index contributed by atoms with van der Waals surface area (Å²) < 4.78 is 4.33. The zero-order chi connectivity index (χ0) is 15.2. The molecule has 0 spiro atoms. The van der Waals surface area contributed by atoms with Crippen LogP contribution in [0.2, 0.25) is 0 Å². The number of nitrogens with zero attached hydrogens (tertiary/aromatic N) is 4. The van der Waals surface area contributed by atoms with Crippen molar-refractivity contribution in [2.45, 2.75) is 39.3 Å². The quantitative estimate of drug-likeness (QED) is 0.838. The minimum Gasteiger partial charge on any atom is -0.324 e. The SMILES string of the molecule is CCc1nc2c(c(=O)n(C)c(=O)n2C)n1CC(C)(C)N. The van der Waals surface area contributed by atoms with Crippen LogP contribution in [0.3, 0.4) is 0 Å². The number of hydrogen-bond acceptors (Lipinski definition) is 4. The van der Waals surface area contributed by atoms with E-state index in [9.17, 15) is 9.59 Å². The molecule has 0 saturated carbocycles. The molecule has 20 heavy (non-hydrogen) atoms. The fourth-order valence-corrected chi connectivity index (χ4v) is 2.34. The normalized spacial score (nSPS) is 12.3. The average molecular weight is 279 g/mol. The van der Waals surface area contributed by atoms with Crippen LogP contribution in [-0.2, 0) is 27.1 Å². The maximum Gasteiger partial charge on any atom is 0.332 e. The van der Waals surface area contributed by atoms with Gasteiger partial charge in [-0.25, -0.2) is 9.78 Å². The zero-order valence-electron chi connectivity index (χ0n) is 12.6. The molecule has 7 heteroatoms. The molecule has 110 valence electrons. The lowest BCUT2D eigenvalue weighted by molar-refractivity contribution is 0.431. The van der Waals surface area contributed by atoms with Crippen molar-refractivity contribution in [1.29, 1.82) is 0 Å². The van der Waals surface area contributed by atoms with E-state index < -0.39 is 5.54 Å². The van der Waals surface area contributed by atoms with E-state index in [1.54, 1.807) is 7.05 Å². The maximum atomic E-state index is 12.4. The van der Waals surface area contributed by atoms with Gasteiger partial charge >= 0.3 is 5.69 Å². The lowest BCUT2D eigenvalue weighted by Gasteiger charge is -2.21. The Bertz CT molecular complexity index is 773. The Labute approximate surface area is 116 Å². The highest BCUT2D eigenvalue weighted by molar-refractivity contribution is 5.71. The van der Waals surface area contributed by atoms with Gasteiger partial charge in [0.2, 0.25) is 0 Å². The molecule has 0 aromatic carbocycles. The molecule has 0 aliphatic carbocycles. The lowest BCUT2D eigenvalue weighted by atomic mass is 10.1. The number of imidazole rings is 1. The summed E-state index contributed by atoms with van der Waals surface area (Å²) in [6.45, 7) is 6.22. The summed E-state index contributed by atoms with van der Waals surface area (Å²) in [4.78, 5) is 28.8. The Hall–Kier alpha value is -1.89. The third-order valence-electron chi connectivity index (χ3n) is 3.31. The van der Waals surface area contributed by atoms with Gasteiger partial charge in [-0.1, -0.05) is 6.92 Å². The van der Waals surface area contributed by atoms with Crippen LogP contribution in [0.15, 0.2) is 9.59 Å². The molecule has 2 aromatic heterocycles. The standard InChI is InChI=1S/C13H21N5O2/c1-6-8-15-10-9(18(8)7-13(2,3)14)11(19)17(5)12(20)16(10)4/h6-7,14H2,1-5H3. The van der Waals surface area contributed by atoms with Crippen LogP contribution in [0.5, 0.6) is 0 Å². The highest BCUT2D eigenvalue weighted by Gasteiger charge is 2.21. The second-order valence-corrected chi connectivity index (χ2v) is 5.83. The first-order valence-corrected chi connectivity index (χ1v) is 6.61. The summed E-state index contributed by atoms with van der Waals surface area (Å²) in [5, 5.41) is 0. The fourth-order valence-electron chi connectivity index (χ4n) is 2.34. The maximum absolute atomic E-state index is 12.4. The summed E-state index contributed by atoms with van der Waals surface area (Å²) in [5.74, 6) is 0.761. The first-order chi connectivity index (χ1) is 9.17. The Morgan fingerprint density at radius 3 is 2.30 bits per heavy atom.